The number of nitrogens with zero attached hydrogens (tertiary/aromatic N) is 1. The number of hydrogen-bond donors (Lipinski definition) is 1. The summed E-state index contributed by atoms with van der Waals surface area (Å²) in [5.41, 5.74) is 0.692. The SMILES string of the molecule is N=C([Se])c1ccccn1. The van der Waals surface area contributed by atoms with Gasteiger partial charge in [-0.2, -0.15) is 0 Å². The van der Waals surface area contributed by atoms with Crippen LogP contribution in [-0.2, 0) is 0 Å². The molecule has 1 heterocycles. The van der Waals surface area contributed by atoms with Gasteiger partial charge in [0.1, 0.15) is 0 Å². The van der Waals surface area contributed by atoms with E-state index in [1.807, 2.05) is 12.1 Å². The minimum absolute atomic E-state index is 0.385. The summed E-state index contributed by atoms with van der Waals surface area (Å²) in [7, 11) is 0. The Bertz CT molecular complexity index is 208. The van der Waals surface area contributed by atoms with Crippen LogP contribution >= 0.6 is 0 Å². The van der Waals surface area contributed by atoms with Crippen molar-refractivity contribution in [1.29, 1.82) is 5.41 Å². The molecule has 3 heteroatoms. The number of hydrogen-bond acceptors (Lipinski definition) is 2. The van der Waals surface area contributed by atoms with Gasteiger partial charge in [0.2, 0.25) is 0 Å². The third kappa shape index (κ3) is 1.63. The van der Waals surface area contributed by atoms with E-state index >= 15 is 0 Å². The van der Waals surface area contributed by atoms with Gasteiger partial charge in [0.25, 0.3) is 0 Å². The summed E-state index contributed by atoms with van der Waals surface area (Å²) in [5.74, 6) is 0. The first-order valence-electron chi connectivity index (χ1n) is 2.47. The molecule has 0 unspecified atom stereocenters. The first-order chi connectivity index (χ1) is 4.30. The second-order valence-electron chi connectivity index (χ2n) is 1.54. The van der Waals surface area contributed by atoms with Crippen LogP contribution in [0, 0.1) is 5.41 Å². The van der Waals surface area contributed by atoms with Gasteiger partial charge in [-0.05, 0) is 0 Å². The number of nitrogens with one attached hydrogen (secondary N) is 1. The quantitative estimate of drug-likeness (QED) is 0.502. The van der Waals surface area contributed by atoms with E-state index in [-0.39, 0.29) is 0 Å². The second-order valence-corrected chi connectivity index (χ2v) is 2.40. The van der Waals surface area contributed by atoms with Crippen molar-refractivity contribution < 1.29 is 0 Å². The summed E-state index contributed by atoms with van der Waals surface area (Å²) in [6.07, 6.45) is 1.67. The molecule has 1 aromatic heterocycles. The molecule has 0 fully saturated rings. The van der Waals surface area contributed by atoms with Gasteiger partial charge in [0.05, 0.1) is 0 Å². The zero-order valence-electron chi connectivity index (χ0n) is 4.66. The van der Waals surface area contributed by atoms with E-state index in [4.69, 9.17) is 5.41 Å². The summed E-state index contributed by atoms with van der Waals surface area (Å²) < 4.78 is 0.385. The van der Waals surface area contributed by atoms with Crippen LogP contribution in [0.4, 0.5) is 0 Å². The molecule has 0 aliphatic carbocycles. The fraction of sp³-hybridized carbons (Fsp3) is 0. The first kappa shape index (κ1) is 6.46. The molecule has 0 saturated carbocycles. The third-order valence-electron chi connectivity index (χ3n) is 0.898. The molecular formula is C6H5N2Se. The average Bonchev–Trinajstić information content (AvgIpc) is 1.90. The Balaban J connectivity index is 2.98. The fourth-order valence-electron chi connectivity index (χ4n) is 0.497. The predicted molar refractivity (Wildman–Crippen MR) is 36.8 cm³/mol. The number of rotatable bonds is 1. The molecule has 45 valence electrons. The third-order valence-corrected chi connectivity index (χ3v) is 1.34. The molecule has 1 N–H and O–H groups in total. The Morgan fingerprint density at radius 3 is 2.67 bits per heavy atom. The average molecular weight is 184 g/mol. The first-order valence-corrected chi connectivity index (χ1v) is 3.33. The van der Waals surface area contributed by atoms with Crippen molar-refractivity contribution in [2.45, 2.75) is 0 Å². The van der Waals surface area contributed by atoms with Crippen molar-refractivity contribution >= 4 is 20.6 Å². The molecule has 0 aliphatic heterocycles. The van der Waals surface area contributed by atoms with Crippen LogP contribution in [0.3, 0.4) is 0 Å². The summed E-state index contributed by atoms with van der Waals surface area (Å²) >= 11 is 2.58. The van der Waals surface area contributed by atoms with Gasteiger partial charge >= 0.3 is 61.1 Å². The van der Waals surface area contributed by atoms with Crippen LogP contribution in [0.1, 0.15) is 5.69 Å². The molecule has 0 spiro atoms. The molecule has 1 aromatic rings. The van der Waals surface area contributed by atoms with Gasteiger partial charge in [-0.1, -0.05) is 0 Å². The summed E-state index contributed by atoms with van der Waals surface area (Å²) in [6.45, 7) is 0. The van der Waals surface area contributed by atoms with E-state index in [0.717, 1.165) is 0 Å². The zero-order chi connectivity index (χ0) is 6.69. The molecular weight excluding hydrogens is 179 g/mol. The zero-order valence-corrected chi connectivity index (χ0v) is 6.38. The number of pyridine rings is 1. The van der Waals surface area contributed by atoms with E-state index < -0.39 is 0 Å². The van der Waals surface area contributed by atoms with Crippen LogP contribution in [0.2, 0.25) is 0 Å². The van der Waals surface area contributed by atoms with Crippen LogP contribution in [0.15, 0.2) is 24.4 Å². The molecule has 1 radical (unpaired) electrons. The molecule has 0 aliphatic rings. The second kappa shape index (κ2) is 2.76. The van der Waals surface area contributed by atoms with Crippen LogP contribution in [-0.4, -0.2) is 25.6 Å². The summed E-state index contributed by atoms with van der Waals surface area (Å²) in [5, 5.41) is 7.12. The fourth-order valence-corrected chi connectivity index (χ4v) is 0.750. The van der Waals surface area contributed by atoms with Gasteiger partial charge in [-0.25, -0.2) is 0 Å². The predicted octanol–water partition coefficient (Wildman–Crippen LogP) is 0.575. The Hall–Kier alpha value is -0.661. The molecule has 0 saturated heterocycles. The molecule has 0 atom stereocenters. The molecule has 1 rings (SSSR count). The van der Waals surface area contributed by atoms with E-state index in [0.29, 0.717) is 10.3 Å². The monoisotopic (exact) mass is 185 g/mol. The Morgan fingerprint density at radius 2 is 2.33 bits per heavy atom. The van der Waals surface area contributed by atoms with Gasteiger partial charge in [-0.15, -0.1) is 0 Å². The van der Waals surface area contributed by atoms with Crippen molar-refractivity contribution in [3.63, 3.8) is 0 Å². The molecule has 9 heavy (non-hydrogen) atoms. The van der Waals surface area contributed by atoms with E-state index in [2.05, 4.69) is 21.0 Å². The van der Waals surface area contributed by atoms with Crippen molar-refractivity contribution in [3.05, 3.63) is 30.1 Å². The standard InChI is InChI=1S/C6H5N2Se/c7-6(9)5-3-1-2-4-8-5/h1-4,7H. The normalized spacial score (nSPS) is 8.89. The Labute approximate surface area is 61.6 Å². The maximum absolute atomic E-state index is 7.12. The van der Waals surface area contributed by atoms with Crippen molar-refractivity contribution in [3.8, 4) is 0 Å². The van der Waals surface area contributed by atoms with Crippen molar-refractivity contribution in [2.75, 3.05) is 0 Å². The summed E-state index contributed by atoms with van der Waals surface area (Å²) in [4.78, 5) is 3.92. The van der Waals surface area contributed by atoms with Crippen molar-refractivity contribution in [1.82, 2.24) is 4.98 Å². The maximum atomic E-state index is 7.12. The topological polar surface area (TPSA) is 36.7 Å². The summed E-state index contributed by atoms with van der Waals surface area (Å²) in [6, 6.07) is 5.47. The molecule has 0 aromatic carbocycles. The molecule has 2 nitrogen and oxygen atoms in total. The number of aromatic nitrogens is 1. The van der Waals surface area contributed by atoms with E-state index in [9.17, 15) is 0 Å². The van der Waals surface area contributed by atoms with E-state index in [1.54, 1.807) is 12.3 Å². The molecule has 0 amide bonds. The Kier molecular flexibility index (Phi) is 1.98. The Morgan fingerprint density at radius 1 is 1.56 bits per heavy atom. The minimum atomic E-state index is 0.385. The van der Waals surface area contributed by atoms with Crippen LogP contribution in [0.25, 0.3) is 0 Å². The van der Waals surface area contributed by atoms with Gasteiger partial charge < -0.3 is 0 Å². The molecule has 0 bridgehead atoms. The van der Waals surface area contributed by atoms with Crippen LogP contribution < -0.4 is 0 Å². The van der Waals surface area contributed by atoms with Crippen LogP contribution in [0.5, 0.6) is 0 Å². The van der Waals surface area contributed by atoms with Gasteiger partial charge in [-0.3, -0.25) is 0 Å². The van der Waals surface area contributed by atoms with Crippen molar-refractivity contribution in [2.24, 2.45) is 0 Å². The van der Waals surface area contributed by atoms with E-state index in [1.165, 1.54) is 0 Å². The van der Waals surface area contributed by atoms with Gasteiger partial charge in [0, 0.05) is 0 Å². The van der Waals surface area contributed by atoms with Gasteiger partial charge in [0.15, 0.2) is 0 Å².